The van der Waals surface area contributed by atoms with Gasteiger partial charge in [-0.1, -0.05) is 6.07 Å². The van der Waals surface area contributed by atoms with E-state index in [2.05, 4.69) is 14.9 Å². The van der Waals surface area contributed by atoms with E-state index in [-0.39, 0.29) is 11.5 Å². The zero-order chi connectivity index (χ0) is 22.9. The van der Waals surface area contributed by atoms with E-state index in [1.54, 1.807) is 48.4 Å². The van der Waals surface area contributed by atoms with Crippen LogP contribution in [0.4, 0.5) is 15.8 Å². The molecule has 2 amide bonds. The van der Waals surface area contributed by atoms with E-state index in [9.17, 15) is 14.0 Å². The predicted octanol–water partition coefficient (Wildman–Crippen LogP) is 4.79. The number of amides is 2. The molecule has 3 heterocycles. The maximum absolute atomic E-state index is 13.5. The Labute approximate surface area is 190 Å². The van der Waals surface area contributed by atoms with Gasteiger partial charge in [0.2, 0.25) is 0 Å². The lowest BCUT2D eigenvalue weighted by Crippen LogP contribution is -2.30. The first-order chi connectivity index (χ1) is 16.0. The number of hydrogen-bond donors (Lipinski definition) is 1. The van der Waals surface area contributed by atoms with Crippen LogP contribution in [0.3, 0.4) is 0 Å². The Morgan fingerprint density at radius 3 is 2.64 bits per heavy atom. The molecule has 0 spiro atoms. The van der Waals surface area contributed by atoms with Crippen LogP contribution >= 0.6 is 0 Å². The van der Waals surface area contributed by atoms with E-state index < -0.39 is 11.7 Å². The van der Waals surface area contributed by atoms with E-state index in [0.29, 0.717) is 29.9 Å². The highest BCUT2D eigenvalue weighted by atomic mass is 19.1. The number of pyridine rings is 1. The fourth-order valence-corrected chi connectivity index (χ4v) is 4.02. The molecule has 0 radical (unpaired) electrons. The first-order valence-electron chi connectivity index (χ1n) is 10.6. The molecule has 5 rings (SSSR count). The minimum absolute atomic E-state index is 0.155. The summed E-state index contributed by atoms with van der Waals surface area (Å²) >= 11 is 0. The molecular weight excluding hydrogens is 419 g/mol. The smallest absolute Gasteiger partial charge is 0.258 e. The van der Waals surface area contributed by atoms with Crippen LogP contribution in [0.5, 0.6) is 0 Å². The number of rotatable bonds is 3. The fourth-order valence-electron chi connectivity index (χ4n) is 4.02. The molecule has 0 unspecified atom stereocenters. The van der Waals surface area contributed by atoms with E-state index >= 15 is 0 Å². The number of anilines is 2. The van der Waals surface area contributed by atoms with Gasteiger partial charge in [-0.05, 0) is 73.2 Å². The molecule has 1 aliphatic rings. The van der Waals surface area contributed by atoms with Crippen LogP contribution in [-0.2, 0) is 13.1 Å². The summed E-state index contributed by atoms with van der Waals surface area (Å²) in [5.74, 6) is -1.03. The molecule has 6 nitrogen and oxygen atoms in total. The van der Waals surface area contributed by atoms with E-state index in [0.717, 1.165) is 17.1 Å². The molecule has 4 aromatic rings. The van der Waals surface area contributed by atoms with Crippen LogP contribution in [0.2, 0.25) is 0 Å². The SMILES string of the molecule is Cc1ccc(F)cc1C(=O)Nc1ccc(C(=O)N2Cc3cccn3Cc3ncccc32)cc1. The molecule has 0 saturated carbocycles. The number of fused-ring (bicyclic) bond motifs is 2. The van der Waals surface area contributed by atoms with Crippen LogP contribution < -0.4 is 10.2 Å². The van der Waals surface area contributed by atoms with Gasteiger partial charge >= 0.3 is 0 Å². The molecule has 0 bridgehead atoms. The second kappa shape index (κ2) is 8.35. The second-order valence-corrected chi connectivity index (χ2v) is 7.98. The summed E-state index contributed by atoms with van der Waals surface area (Å²) in [6.07, 6.45) is 3.72. The Hall–Kier alpha value is -4.26. The number of benzene rings is 2. The van der Waals surface area contributed by atoms with Crippen molar-refractivity contribution in [2.45, 2.75) is 20.0 Å². The average Bonchev–Trinajstić information content (AvgIpc) is 3.19. The molecule has 2 aromatic carbocycles. The Balaban J connectivity index is 1.39. The molecule has 0 saturated heterocycles. The third-order valence-corrected chi connectivity index (χ3v) is 5.80. The van der Waals surface area contributed by atoms with Crippen molar-refractivity contribution in [3.8, 4) is 0 Å². The van der Waals surface area contributed by atoms with E-state index in [1.165, 1.54) is 12.1 Å². The van der Waals surface area contributed by atoms with Crippen LogP contribution in [0.25, 0.3) is 0 Å². The van der Waals surface area contributed by atoms with Crippen molar-refractivity contribution in [3.05, 3.63) is 113 Å². The topological polar surface area (TPSA) is 67.2 Å². The summed E-state index contributed by atoms with van der Waals surface area (Å²) in [7, 11) is 0. The van der Waals surface area contributed by atoms with Gasteiger partial charge in [-0.25, -0.2) is 4.39 Å². The minimum atomic E-state index is -0.468. The molecule has 1 aliphatic heterocycles. The Morgan fingerprint density at radius 1 is 1.00 bits per heavy atom. The van der Waals surface area contributed by atoms with Crippen LogP contribution in [0, 0.1) is 12.7 Å². The molecule has 0 fully saturated rings. The number of aromatic nitrogens is 2. The zero-order valence-corrected chi connectivity index (χ0v) is 18.0. The Kier molecular flexibility index (Phi) is 5.22. The van der Waals surface area contributed by atoms with E-state index in [1.807, 2.05) is 30.5 Å². The molecule has 7 heteroatoms. The van der Waals surface area contributed by atoms with Crippen LogP contribution in [-0.4, -0.2) is 21.4 Å². The maximum Gasteiger partial charge on any atom is 0.258 e. The fraction of sp³-hybridized carbons (Fsp3) is 0.115. The van der Waals surface area contributed by atoms with Gasteiger partial charge in [0.05, 0.1) is 24.5 Å². The van der Waals surface area contributed by atoms with Gasteiger partial charge in [0, 0.05) is 34.9 Å². The van der Waals surface area contributed by atoms with Gasteiger partial charge in [0.25, 0.3) is 11.8 Å². The van der Waals surface area contributed by atoms with Crippen molar-refractivity contribution in [1.82, 2.24) is 9.55 Å². The van der Waals surface area contributed by atoms with E-state index in [4.69, 9.17) is 0 Å². The van der Waals surface area contributed by atoms with Gasteiger partial charge in [-0.3, -0.25) is 14.6 Å². The summed E-state index contributed by atoms with van der Waals surface area (Å²) < 4.78 is 15.6. The van der Waals surface area contributed by atoms with Crippen molar-refractivity contribution in [2.24, 2.45) is 0 Å². The lowest BCUT2D eigenvalue weighted by Gasteiger charge is -2.22. The largest absolute Gasteiger partial charge is 0.344 e. The minimum Gasteiger partial charge on any atom is -0.344 e. The zero-order valence-electron chi connectivity index (χ0n) is 18.0. The molecular formula is C26H21FN4O2. The molecule has 0 atom stereocenters. The van der Waals surface area contributed by atoms with Crippen molar-refractivity contribution in [3.63, 3.8) is 0 Å². The van der Waals surface area contributed by atoms with Gasteiger partial charge in [-0.15, -0.1) is 0 Å². The van der Waals surface area contributed by atoms with Crippen molar-refractivity contribution >= 4 is 23.2 Å². The monoisotopic (exact) mass is 440 g/mol. The first-order valence-corrected chi connectivity index (χ1v) is 10.6. The summed E-state index contributed by atoms with van der Waals surface area (Å²) in [5, 5.41) is 2.76. The normalized spacial score (nSPS) is 12.5. The van der Waals surface area contributed by atoms with Gasteiger partial charge in [-0.2, -0.15) is 0 Å². The quantitative estimate of drug-likeness (QED) is 0.498. The van der Waals surface area contributed by atoms with Crippen molar-refractivity contribution < 1.29 is 14.0 Å². The summed E-state index contributed by atoms with van der Waals surface area (Å²) in [6, 6.07) is 18.5. The summed E-state index contributed by atoms with van der Waals surface area (Å²) in [6.45, 7) is 2.79. The van der Waals surface area contributed by atoms with Gasteiger partial charge in [0.15, 0.2) is 0 Å². The number of nitrogens with zero attached hydrogens (tertiary/aromatic N) is 3. The number of hydrogen-bond acceptors (Lipinski definition) is 3. The predicted molar refractivity (Wildman–Crippen MR) is 124 cm³/mol. The lowest BCUT2D eigenvalue weighted by molar-refractivity contribution is 0.0983. The molecule has 164 valence electrons. The highest BCUT2D eigenvalue weighted by Crippen LogP contribution is 2.28. The van der Waals surface area contributed by atoms with Crippen LogP contribution in [0.15, 0.2) is 79.1 Å². The van der Waals surface area contributed by atoms with Gasteiger partial charge < -0.3 is 14.8 Å². The standard InChI is InChI=1S/C26H21FN4O2/c1-17-6-9-19(27)14-22(17)25(32)29-20-10-7-18(8-11-20)26(33)31-15-21-4-3-13-30(21)16-23-24(31)5-2-12-28-23/h2-14H,15-16H2,1H3,(H,29,32). The number of aryl methyl sites for hydroxylation is 1. The molecule has 33 heavy (non-hydrogen) atoms. The highest BCUT2D eigenvalue weighted by molar-refractivity contribution is 6.08. The average molecular weight is 440 g/mol. The van der Waals surface area contributed by atoms with Gasteiger partial charge in [0.1, 0.15) is 5.82 Å². The van der Waals surface area contributed by atoms with Crippen molar-refractivity contribution in [2.75, 3.05) is 10.2 Å². The Bertz CT molecular complexity index is 1360. The maximum atomic E-state index is 13.5. The molecule has 2 aromatic heterocycles. The molecule has 0 aliphatic carbocycles. The van der Waals surface area contributed by atoms with Crippen molar-refractivity contribution in [1.29, 1.82) is 0 Å². The summed E-state index contributed by atoms with van der Waals surface area (Å²) in [5.41, 5.74) is 4.60. The third-order valence-electron chi connectivity index (χ3n) is 5.80. The number of carbonyl (C=O) groups excluding carboxylic acids is 2. The molecule has 1 N–H and O–H groups in total. The number of halogens is 1. The number of carbonyl (C=O) groups is 2. The second-order valence-electron chi connectivity index (χ2n) is 7.98. The first kappa shape index (κ1) is 20.6. The lowest BCUT2D eigenvalue weighted by atomic mass is 10.1. The third kappa shape index (κ3) is 4.01. The highest BCUT2D eigenvalue weighted by Gasteiger charge is 2.25. The number of nitrogens with one attached hydrogen (secondary N) is 1. The summed E-state index contributed by atoms with van der Waals surface area (Å²) in [4.78, 5) is 32.2. The Morgan fingerprint density at radius 2 is 1.82 bits per heavy atom. The van der Waals surface area contributed by atoms with Crippen LogP contribution in [0.1, 0.15) is 37.7 Å².